The molecule has 12 heterocycles. The quantitative estimate of drug-likeness (QED) is 0.0641. The summed E-state index contributed by atoms with van der Waals surface area (Å²) in [6.07, 6.45) is 21.0. The highest BCUT2D eigenvalue weighted by molar-refractivity contribution is 6.01. The number of fused-ring (bicyclic) bond motifs is 4. The fourth-order valence-corrected chi connectivity index (χ4v) is 10.3. The number of nitrogens with zero attached hydrogens (tertiary/aromatic N) is 10. The lowest BCUT2D eigenvalue weighted by molar-refractivity contribution is 0.512. The van der Waals surface area contributed by atoms with E-state index in [0.29, 0.717) is 5.92 Å². The Morgan fingerprint density at radius 2 is 1.40 bits per heavy atom. The second kappa shape index (κ2) is 18.2. The Hall–Kier alpha value is -7.98. The molecule has 0 bridgehead atoms. The second-order valence-electron chi connectivity index (χ2n) is 19.1. The molecule has 6 N–H and O–H groups in total. The summed E-state index contributed by atoms with van der Waals surface area (Å²) >= 11 is 0. The highest BCUT2D eigenvalue weighted by Crippen LogP contribution is 2.41. The summed E-state index contributed by atoms with van der Waals surface area (Å²) in [5, 5.41) is 25.6. The van der Waals surface area contributed by atoms with E-state index in [9.17, 15) is 0 Å². The third-order valence-electron chi connectivity index (χ3n) is 14.1. The molecule has 2 aliphatic heterocycles. The zero-order valence-corrected chi connectivity index (χ0v) is 39.8. The molecule has 16 nitrogen and oxygen atoms in total. The summed E-state index contributed by atoms with van der Waals surface area (Å²) in [7, 11) is 0. The van der Waals surface area contributed by atoms with Crippen LogP contribution >= 0.6 is 0 Å². The van der Waals surface area contributed by atoms with Crippen molar-refractivity contribution in [2.45, 2.75) is 65.3 Å². The van der Waals surface area contributed by atoms with E-state index in [1.165, 1.54) is 24.9 Å². The fourth-order valence-electron chi connectivity index (χ4n) is 10.3. The molecule has 70 heavy (non-hydrogen) atoms. The van der Waals surface area contributed by atoms with Crippen molar-refractivity contribution >= 4 is 60.9 Å². The number of piperidine rings is 2. The van der Waals surface area contributed by atoms with Crippen LogP contribution in [-0.4, -0.2) is 93.0 Å². The minimum Gasteiger partial charge on any atom is -0.370 e. The van der Waals surface area contributed by atoms with Gasteiger partial charge in [-0.15, -0.1) is 0 Å². The maximum atomic E-state index is 5.40. The number of H-pyrrole nitrogens is 4. The summed E-state index contributed by atoms with van der Waals surface area (Å²) in [5.41, 5.74) is 18.5. The number of hydrogen-bond donors (Lipinski definition) is 6. The number of aromatic nitrogens is 12. The van der Waals surface area contributed by atoms with E-state index in [1.54, 1.807) is 6.20 Å². The van der Waals surface area contributed by atoms with Gasteiger partial charge in [0.15, 0.2) is 0 Å². The number of nitrogens with one attached hydrogen (secondary N) is 6. The predicted octanol–water partition coefficient (Wildman–Crippen LogP) is 10.5. The first-order chi connectivity index (χ1) is 34.3. The van der Waals surface area contributed by atoms with Crippen molar-refractivity contribution in [2.75, 3.05) is 47.8 Å². The van der Waals surface area contributed by atoms with Crippen molar-refractivity contribution in [2.24, 2.45) is 5.92 Å². The van der Waals surface area contributed by atoms with Crippen molar-refractivity contribution in [3.63, 3.8) is 0 Å². The van der Waals surface area contributed by atoms with Crippen LogP contribution in [0.3, 0.4) is 0 Å². The maximum Gasteiger partial charge on any atom is 0.135 e. The monoisotopic (exact) mass is 928 g/mol. The van der Waals surface area contributed by atoms with Gasteiger partial charge in [0.1, 0.15) is 27.9 Å². The molecule has 0 spiro atoms. The standard InChI is InChI=1S/C54H56N16/c1-5-55-21-33-16-35(23-56-22-33)43-18-38(50-54(64-43)53(68-66-50)45-19-39-46(62-45)26-58-28-48(39)69-13-7-6-8-14-69)34-10-9-15-70(30-34)49-29-59-27-47-40(49)20-44(61-47)52-51-42(65-67-52)12-11-41(63-51)36-17-37(25-57-24-36)60-32(4)31(2)3/h11-12,16-20,22-29,31,34,55,60-62H,4-10,13-15,21,30H2,1-3H3,(H,65,67)(H,66,68). The molecular weight excluding hydrogens is 873 g/mol. The molecule has 1 unspecified atom stereocenters. The van der Waals surface area contributed by atoms with Crippen molar-refractivity contribution in [1.29, 1.82) is 0 Å². The maximum absolute atomic E-state index is 5.40. The lowest BCUT2D eigenvalue weighted by Gasteiger charge is -2.35. The zero-order chi connectivity index (χ0) is 47.3. The molecule has 0 saturated carbocycles. The topological polar surface area (TPSA) is 197 Å². The third kappa shape index (κ3) is 8.06. The van der Waals surface area contributed by atoms with Crippen molar-refractivity contribution in [3.8, 4) is 45.3 Å². The number of hydrogen-bond acceptors (Lipinski definition) is 12. The highest BCUT2D eigenvalue weighted by Gasteiger charge is 2.29. The van der Waals surface area contributed by atoms with Gasteiger partial charge in [-0.3, -0.25) is 30.1 Å². The van der Waals surface area contributed by atoms with Gasteiger partial charge in [-0.2, -0.15) is 10.2 Å². The molecule has 2 aliphatic rings. The van der Waals surface area contributed by atoms with Crippen LogP contribution in [0.25, 0.3) is 89.2 Å². The van der Waals surface area contributed by atoms with Crippen LogP contribution in [-0.2, 0) is 6.54 Å². The fraction of sp³-hybridized carbons (Fsp3) is 0.296. The Kier molecular flexibility index (Phi) is 11.2. The van der Waals surface area contributed by atoms with Gasteiger partial charge in [0.25, 0.3) is 0 Å². The molecule has 0 aromatic carbocycles. The average Bonchev–Trinajstić information content (AvgIpc) is 4.23. The van der Waals surface area contributed by atoms with Crippen LogP contribution in [0, 0.1) is 5.92 Å². The lowest BCUT2D eigenvalue weighted by Crippen LogP contribution is -2.34. The van der Waals surface area contributed by atoms with Gasteiger partial charge in [-0.25, -0.2) is 9.97 Å². The van der Waals surface area contributed by atoms with Gasteiger partial charge < -0.3 is 30.4 Å². The first-order valence-corrected chi connectivity index (χ1v) is 24.6. The Morgan fingerprint density at radius 3 is 2.20 bits per heavy atom. The van der Waals surface area contributed by atoms with E-state index in [4.69, 9.17) is 25.1 Å². The molecule has 10 aromatic rings. The lowest BCUT2D eigenvalue weighted by atomic mass is 9.88. The smallest absolute Gasteiger partial charge is 0.135 e. The van der Waals surface area contributed by atoms with Crippen LogP contribution in [0.5, 0.6) is 0 Å². The normalized spacial score (nSPS) is 15.6. The van der Waals surface area contributed by atoms with Crippen molar-refractivity contribution in [3.05, 3.63) is 115 Å². The molecule has 2 fully saturated rings. The number of allylic oxidation sites excluding steroid dienone is 1. The SMILES string of the molecule is C=C(Nc1cncc(-c2ccc3[nH]nc(-c4cc5c(N6CCCC(c7cc(-c8cncc(CNCC)c8)nc8c(-c9cc%10c(N%11CCCCC%11)cncc%10[nH]9)[nH]nc78)C6)cncc5[nH]4)c3n2)c1)C(C)C. The Morgan fingerprint density at radius 1 is 0.686 bits per heavy atom. The highest BCUT2D eigenvalue weighted by atomic mass is 15.2. The molecule has 0 radical (unpaired) electrons. The van der Waals surface area contributed by atoms with E-state index >= 15 is 0 Å². The number of pyridine rings is 6. The minimum atomic E-state index is 0.155. The molecule has 2 saturated heterocycles. The summed E-state index contributed by atoms with van der Waals surface area (Å²) in [5.74, 6) is 0.447. The van der Waals surface area contributed by atoms with Crippen LogP contribution in [0.4, 0.5) is 17.1 Å². The first kappa shape index (κ1) is 43.3. The summed E-state index contributed by atoms with van der Waals surface area (Å²) < 4.78 is 0. The summed E-state index contributed by atoms with van der Waals surface area (Å²) in [4.78, 5) is 41.4. The Balaban J connectivity index is 0.894. The van der Waals surface area contributed by atoms with Crippen LogP contribution in [0.15, 0.2) is 104 Å². The second-order valence-corrected chi connectivity index (χ2v) is 19.1. The van der Waals surface area contributed by atoms with Gasteiger partial charge in [0, 0.05) is 84.8 Å². The molecule has 352 valence electrons. The number of aromatic amines is 4. The third-order valence-corrected chi connectivity index (χ3v) is 14.1. The van der Waals surface area contributed by atoms with Crippen LogP contribution < -0.4 is 20.4 Å². The van der Waals surface area contributed by atoms with Gasteiger partial charge in [0.05, 0.1) is 87.4 Å². The van der Waals surface area contributed by atoms with E-state index in [-0.39, 0.29) is 5.92 Å². The van der Waals surface area contributed by atoms with E-state index in [1.807, 2.05) is 55.5 Å². The molecule has 16 heteroatoms. The molecule has 12 rings (SSSR count). The first-order valence-electron chi connectivity index (χ1n) is 24.6. The average molecular weight is 929 g/mol. The van der Waals surface area contributed by atoms with Crippen LogP contribution in [0.2, 0.25) is 0 Å². The van der Waals surface area contributed by atoms with Crippen molar-refractivity contribution in [1.82, 2.24) is 65.6 Å². The molecule has 0 amide bonds. The van der Waals surface area contributed by atoms with Gasteiger partial charge in [-0.1, -0.05) is 27.4 Å². The summed E-state index contributed by atoms with van der Waals surface area (Å²) in [6, 6.07) is 15.0. The predicted molar refractivity (Wildman–Crippen MR) is 280 cm³/mol. The van der Waals surface area contributed by atoms with E-state index < -0.39 is 0 Å². The summed E-state index contributed by atoms with van der Waals surface area (Å²) in [6.45, 7) is 15.9. The molecular formula is C54H56N16. The zero-order valence-electron chi connectivity index (χ0n) is 39.8. The Labute approximate surface area is 404 Å². The van der Waals surface area contributed by atoms with Crippen LogP contribution in [0.1, 0.15) is 69.9 Å². The molecule has 1 atom stereocenters. The number of rotatable bonds is 13. The minimum absolute atomic E-state index is 0.155. The van der Waals surface area contributed by atoms with Gasteiger partial charge in [0.2, 0.25) is 0 Å². The number of anilines is 3. The largest absolute Gasteiger partial charge is 0.370 e. The van der Waals surface area contributed by atoms with Crippen molar-refractivity contribution < 1.29 is 0 Å². The van der Waals surface area contributed by atoms with Gasteiger partial charge in [-0.05, 0) is 98.2 Å². The molecule has 0 aliphatic carbocycles. The van der Waals surface area contributed by atoms with Gasteiger partial charge >= 0.3 is 0 Å². The molecule has 10 aromatic heterocycles. The van der Waals surface area contributed by atoms with E-state index in [0.717, 1.165) is 169 Å². The Bertz CT molecular complexity index is 3550. The van der Waals surface area contributed by atoms with E-state index in [2.05, 4.69) is 113 Å².